The van der Waals surface area contributed by atoms with Gasteiger partial charge in [0.2, 0.25) is 0 Å². The lowest BCUT2D eigenvalue weighted by Crippen LogP contribution is -2.38. The zero-order chi connectivity index (χ0) is 10.9. The van der Waals surface area contributed by atoms with Gasteiger partial charge in [-0.1, -0.05) is 0 Å². The second-order valence-electron chi connectivity index (χ2n) is 3.57. The van der Waals surface area contributed by atoms with E-state index in [2.05, 4.69) is 5.10 Å². The van der Waals surface area contributed by atoms with E-state index in [1.807, 2.05) is 0 Å². The van der Waals surface area contributed by atoms with E-state index in [-0.39, 0.29) is 19.1 Å². The van der Waals surface area contributed by atoms with Gasteiger partial charge in [0.1, 0.15) is 0 Å². The Morgan fingerprint density at radius 1 is 1.40 bits per heavy atom. The number of hydrogen-bond donors (Lipinski definition) is 0. The summed E-state index contributed by atoms with van der Waals surface area (Å²) in [6, 6.07) is 1.50. The van der Waals surface area contributed by atoms with Crippen molar-refractivity contribution in [2.45, 2.75) is 31.2 Å². The smallest absolute Gasteiger partial charge is 0.369 e. The van der Waals surface area contributed by atoms with E-state index in [9.17, 15) is 13.2 Å². The number of aromatic nitrogens is 2. The summed E-state index contributed by atoms with van der Waals surface area (Å²) in [6.07, 6.45) is -2.15. The molecule has 1 aliphatic rings. The van der Waals surface area contributed by atoms with Gasteiger partial charge in [-0.25, -0.2) is 0 Å². The Balaban J connectivity index is 2.05. The summed E-state index contributed by atoms with van der Waals surface area (Å²) >= 11 is 0. The molecule has 0 saturated carbocycles. The first-order chi connectivity index (χ1) is 7.07. The van der Waals surface area contributed by atoms with Gasteiger partial charge in [0.15, 0.2) is 6.10 Å². The summed E-state index contributed by atoms with van der Waals surface area (Å²) in [4.78, 5) is 0. The van der Waals surface area contributed by atoms with Crippen LogP contribution >= 0.6 is 0 Å². The maximum atomic E-state index is 12.4. The molecule has 0 N–H and O–H groups in total. The van der Waals surface area contributed by atoms with Gasteiger partial charge >= 0.3 is 6.18 Å². The number of halogens is 3. The second-order valence-corrected chi connectivity index (χ2v) is 3.57. The van der Waals surface area contributed by atoms with E-state index in [0.717, 1.165) is 0 Å². The average molecular weight is 220 g/mol. The predicted octanol–water partition coefficient (Wildman–Crippen LogP) is 2.17. The largest absolute Gasteiger partial charge is 0.414 e. The summed E-state index contributed by atoms with van der Waals surface area (Å²) in [7, 11) is 0. The van der Waals surface area contributed by atoms with Crippen molar-refractivity contribution in [3.8, 4) is 0 Å². The molecule has 1 saturated heterocycles. The molecule has 1 aromatic heterocycles. The lowest BCUT2D eigenvalue weighted by Gasteiger charge is -2.30. The molecule has 0 bridgehead atoms. The van der Waals surface area contributed by atoms with Crippen LogP contribution < -0.4 is 0 Å². The predicted molar refractivity (Wildman–Crippen MR) is 46.3 cm³/mol. The van der Waals surface area contributed by atoms with Crippen LogP contribution in [0.1, 0.15) is 18.9 Å². The van der Waals surface area contributed by atoms with E-state index in [4.69, 9.17) is 4.74 Å². The van der Waals surface area contributed by atoms with Crippen LogP contribution in [0.15, 0.2) is 18.5 Å². The molecule has 1 fully saturated rings. The Bertz CT molecular complexity index is 310. The van der Waals surface area contributed by atoms with E-state index in [1.54, 1.807) is 23.1 Å². The number of rotatable bonds is 1. The SMILES string of the molecule is FC(F)(F)C1CC(n2cccn2)CCO1. The molecule has 1 aliphatic heterocycles. The summed E-state index contributed by atoms with van der Waals surface area (Å²) < 4.78 is 43.5. The lowest BCUT2D eigenvalue weighted by molar-refractivity contribution is -0.234. The van der Waals surface area contributed by atoms with Crippen molar-refractivity contribution in [1.82, 2.24) is 9.78 Å². The van der Waals surface area contributed by atoms with Crippen LogP contribution in [-0.4, -0.2) is 28.7 Å². The van der Waals surface area contributed by atoms with Crippen LogP contribution in [0.3, 0.4) is 0 Å². The summed E-state index contributed by atoms with van der Waals surface area (Å²) in [5.74, 6) is 0. The number of nitrogens with zero attached hydrogens (tertiary/aromatic N) is 2. The van der Waals surface area contributed by atoms with Crippen molar-refractivity contribution in [2.24, 2.45) is 0 Å². The fourth-order valence-corrected chi connectivity index (χ4v) is 1.74. The minimum atomic E-state index is -4.27. The van der Waals surface area contributed by atoms with Gasteiger partial charge < -0.3 is 4.74 Å². The van der Waals surface area contributed by atoms with Crippen molar-refractivity contribution in [3.05, 3.63) is 18.5 Å². The molecule has 0 amide bonds. The first-order valence-corrected chi connectivity index (χ1v) is 4.75. The highest BCUT2D eigenvalue weighted by molar-refractivity contribution is 4.85. The quantitative estimate of drug-likeness (QED) is 0.725. The molecular formula is C9H11F3N2O. The number of hydrogen-bond acceptors (Lipinski definition) is 2. The minimum Gasteiger partial charge on any atom is -0.369 e. The van der Waals surface area contributed by atoms with Gasteiger partial charge in [0.05, 0.1) is 6.04 Å². The molecule has 2 rings (SSSR count). The summed E-state index contributed by atoms with van der Waals surface area (Å²) in [6.45, 7) is 0.134. The number of ether oxygens (including phenoxy) is 1. The monoisotopic (exact) mass is 220 g/mol. The Morgan fingerprint density at radius 3 is 2.80 bits per heavy atom. The third-order valence-corrected chi connectivity index (χ3v) is 2.52. The molecule has 2 atom stereocenters. The zero-order valence-electron chi connectivity index (χ0n) is 7.94. The molecule has 6 heteroatoms. The summed E-state index contributed by atoms with van der Waals surface area (Å²) in [5, 5.41) is 3.95. The van der Waals surface area contributed by atoms with Gasteiger partial charge in [-0.05, 0) is 12.5 Å². The molecule has 0 aromatic carbocycles. The standard InChI is InChI=1S/C9H11F3N2O/c10-9(11,12)8-6-7(2-5-15-8)14-4-1-3-13-14/h1,3-4,7-8H,2,5-6H2. The first-order valence-electron chi connectivity index (χ1n) is 4.75. The first kappa shape index (κ1) is 10.5. The van der Waals surface area contributed by atoms with Gasteiger partial charge in [0.25, 0.3) is 0 Å². The van der Waals surface area contributed by atoms with E-state index >= 15 is 0 Å². The van der Waals surface area contributed by atoms with Crippen LogP contribution in [-0.2, 0) is 4.74 Å². The maximum absolute atomic E-state index is 12.4. The Labute approximate surface area is 84.8 Å². The zero-order valence-corrected chi connectivity index (χ0v) is 7.94. The Kier molecular flexibility index (Phi) is 2.68. The molecule has 0 spiro atoms. The fraction of sp³-hybridized carbons (Fsp3) is 0.667. The van der Waals surface area contributed by atoms with Crippen LogP contribution in [0.5, 0.6) is 0 Å². The minimum absolute atomic E-state index is 0.0504. The molecule has 2 unspecified atom stereocenters. The Morgan fingerprint density at radius 2 is 2.20 bits per heavy atom. The molecule has 0 aliphatic carbocycles. The second kappa shape index (κ2) is 3.84. The molecular weight excluding hydrogens is 209 g/mol. The third-order valence-electron chi connectivity index (χ3n) is 2.52. The average Bonchev–Trinajstić information content (AvgIpc) is 2.69. The van der Waals surface area contributed by atoms with E-state index in [0.29, 0.717) is 6.42 Å². The molecule has 0 radical (unpaired) electrons. The van der Waals surface area contributed by atoms with Crippen LogP contribution in [0, 0.1) is 0 Å². The van der Waals surface area contributed by atoms with Crippen molar-refractivity contribution < 1.29 is 17.9 Å². The third kappa shape index (κ3) is 2.31. The van der Waals surface area contributed by atoms with Crippen molar-refractivity contribution in [1.29, 1.82) is 0 Å². The maximum Gasteiger partial charge on any atom is 0.414 e. The topological polar surface area (TPSA) is 27.1 Å². The highest BCUT2D eigenvalue weighted by Gasteiger charge is 2.44. The Hall–Kier alpha value is -1.04. The molecule has 3 nitrogen and oxygen atoms in total. The molecule has 15 heavy (non-hydrogen) atoms. The van der Waals surface area contributed by atoms with Crippen molar-refractivity contribution in [2.75, 3.05) is 6.61 Å². The van der Waals surface area contributed by atoms with Crippen LogP contribution in [0.4, 0.5) is 13.2 Å². The van der Waals surface area contributed by atoms with E-state index in [1.165, 1.54) is 0 Å². The van der Waals surface area contributed by atoms with Gasteiger partial charge in [0, 0.05) is 25.4 Å². The molecule has 1 aromatic rings. The van der Waals surface area contributed by atoms with Crippen molar-refractivity contribution >= 4 is 0 Å². The van der Waals surface area contributed by atoms with Gasteiger partial charge in [-0.2, -0.15) is 18.3 Å². The van der Waals surface area contributed by atoms with E-state index < -0.39 is 12.3 Å². The molecule has 2 heterocycles. The highest BCUT2D eigenvalue weighted by atomic mass is 19.4. The van der Waals surface area contributed by atoms with Crippen molar-refractivity contribution in [3.63, 3.8) is 0 Å². The number of alkyl halides is 3. The molecule has 84 valence electrons. The normalized spacial score (nSPS) is 27.9. The van der Waals surface area contributed by atoms with Gasteiger partial charge in [-0.3, -0.25) is 4.68 Å². The van der Waals surface area contributed by atoms with Crippen LogP contribution in [0.25, 0.3) is 0 Å². The lowest BCUT2D eigenvalue weighted by atomic mass is 10.0. The van der Waals surface area contributed by atoms with Crippen LogP contribution in [0.2, 0.25) is 0 Å². The van der Waals surface area contributed by atoms with Gasteiger partial charge in [-0.15, -0.1) is 0 Å². The fourth-order valence-electron chi connectivity index (χ4n) is 1.74. The highest BCUT2D eigenvalue weighted by Crippen LogP contribution is 2.33. The summed E-state index contributed by atoms with van der Waals surface area (Å²) in [5.41, 5.74) is 0.